The average Bonchev–Trinajstić information content (AvgIpc) is 2.47. The van der Waals surface area contributed by atoms with Gasteiger partial charge in [0.25, 0.3) is 0 Å². The van der Waals surface area contributed by atoms with Crippen LogP contribution in [0.1, 0.15) is 19.8 Å². The Balaban J connectivity index is 1.88. The van der Waals surface area contributed by atoms with E-state index >= 15 is 0 Å². The minimum absolute atomic E-state index is 0.0820. The summed E-state index contributed by atoms with van der Waals surface area (Å²) < 4.78 is 5.56. The summed E-state index contributed by atoms with van der Waals surface area (Å²) in [7, 11) is 0. The van der Waals surface area contributed by atoms with Gasteiger partial charge in [-0.25, -0.2) is 0 Å². The second-order valence-electron chi connectivity index (χ2n) is 5.01. The van der Waals surface area contributed by atoms with Crippen LogP contribution in [0.2, 0.25) is 0 Å². The van der Waals surface area contributed by atoms with Gasteiger partial charge in [0.1, 0.15) is 0 Å². The van der Waals surface area contributed by atoms with Crippen LogP contribution in [0.5, 0.6) is 0 Å². The first-order valence-corrected chi connectivity index (χ1v) is 7.13. The van der Waals surface area contributed by atoms with Crippen LogP contribution in [0.3, 0.4) is 0 Å². The summed E-state index contributed by atoms with van der Waals surface area (Å²) in [5.41, 5.74) is 0. The highest BCUT2D eigenvalue weighted by atomic mass is 16.5. The zero-order chi connectivity index (χ0) is 13.7. The van der Waals surface area contributed by atoms with Crippen LogP contribution in [0.4, 0.5) is 0 Å². The highest BCUT2D eigenvalue weighted by Crippen LogP contribution is 2.14. The molecule has 1 atom stereocenters. The first-order valence-electron chi connectivity index (χ1n) is 7.13. The molecular formula is C13H23N3O3. The van der Waals surface area contributed by atoms with E-state index in [1.807, 2.05) is 6.92 Å². The third-order valence-electron chi connectivity index (χ3n) is 3.65. The molecule has 0 aromatic rings. The molecule has 0 aromatic heterocycles. The van der Waals surface area contributed by atoms with Crippen molar-refractivity contribution in [1.29, 1.82) is 0 Å². The van der Waals surface area contributed by atoms with E-state index in [4.69, 9.17) is 4.74 Å². The van der Waals surface area contributed by atoms with Crippen LogP contribution < -0.4 is 5.32 Å². The fourth-order valence-electron chi connectivity index (χ4n) is 2.63. The summed E-state index contributed by atoms with van der Waals surface area (Å²) in [6.07, 6.45) is 1.96. The Morgan fingerprint density at radius 2 is 1.84 bits per heavy atom. The van der Waals surface area contributed by atoms with E-state index in [0.717, 1.165) is 25.9 Å². The van der Waals surface area contributed by atoms with E-state index < -0.39 is 0 Å². The van der Waals surface area contributed by atoms with Crippen molar-refractivity contribution in [3.8, 4) is 0 Å². The van der Waals surface area contributed by atoms with Crippen molar-refractivity contribution in [2.45, 2.75) is 25.9 Å². The van der Waals surface area contributed by atoms with E-state index in [9.17, 15) is 9.59 Å². The van der Waals surface area contributed by atoms with E-state index in [-0.39, 0.29) is 17.9 Å². The normalized spacial score (nSPS) is 24.4. The SMILES string of the molecule is CCOC1CCCN(C(=O)C(=O)N2CCNCC2)C1. The van der Waals surface area contributed by atoms with E-state index in [2.05, 4.69) is 5.32 Å². The lowest BCUT2D eigenvalue weighted by Gasteiger charge is -2.34. The maximum absolute atomic E-state index is 12.2. The quantitative estimate of drug-likeness (QED) is 0.683. The minimum atomic E-state index is -0.369. The molecule has 2 heterocycles. The van der Waals surface area contributed by atoms with Crippen LogP contribution in [0.25, 0.3) is 0 Å². The van der Waals surface area contributed by atoms with Gasteiger partial charge in [0, 0.05) is 45.9 Å². The van der Waals surface area contributed by atoms with Crippen LogP contribution in [-0.4, -0.2) is 73.6 Å². The van der Waals surface area contributed by atoms with Gasteiger partial charge in [-0.3, -0.25) is 9.59 Å². The Hall–Kier alpha value is -1.14. The van der Waals surface area contributed by atoms with Crippen LogP contribution in [0.15, 0.2) is 0 Å². The van der Waals surface area contributed by atoms with Crippen LogP contribution in [-0.2, 0) is 14.3 Å². The predicted octanol–water partition coefficient (Wildman–Crippen LogP) is -0.554. The van der Waals surface area contributed by atoms with Gasteiger partial charge in [0.15, 0.2) is 0 Å². The molecule has 0 aromatic carbocycles. The molecule has 2 saturated heterocycles. The van der Waals surface area contributed by atoms with Crippen molar-refractivity contribution in [2.24, 2.45) is 0 Å². The molecule has 108 valence electrons. The second kappa shape index (κ2) is 6.86. The number of likely N-dealkylation sites (tertiary alicyclic amines) is 1. The monoisotopic (exact) mass is 269 g/mol. The Morgan fingerprint density at radius 3 is 2.53 bits per heavy atom. The molecule has 1 unspecified atom stereocenters. The van der Waals surface area contributed by atoms with Crippen molar-refractivity contribution >= 4 is 11.8 Å². The van der Waals surface area contributed by atoms with Gasteiger partial charge in [-0.05, 0) is 19.8 Å². The lowest BCUT2D eigenvalue weighted by molar-refractivity contribution is -0.154. The molecule has 0 saturated carbocycles. The summed E-state index contributed by atoms with van der Waals surface area (Å²) in [6.45, 7) is 6.58. The molecule has 2 rings (SSSR count). The Labute approximate surface area is 114 Å². The summed E-state index contributed by atoms with van der Waals surface area (Å²) in [6, 6.07) is 0. The molecule has 2 amide bonds. The van der Waals surface area contributed by atoms with Gasteiger partial charge in [-0.15, -0.1) is 0 Å². The number of piperidine rings is 1. The molecule has 6 heteroatoms. The number of hydrogen-bond donors (Lipinski definition) is 1. The maximum atomic E-state index is 12.2. The molecule has 2 fully saturated rings. The first kappa shape index (κ1) is 14.3. The largest absolute Gasteiger partial charge is 0.377 e. The van der Waals surface area contributed by atoms with Gasteiger partial charge in [0.2, 0.25) is 0 Å². The highest BCUT2D eigenvalue weighted by Gasteiger charge is 2.31. The van der Waals surface area contributed by atoms with Gasteiger partial charge in [-0.2, -0.15) is 0 Å². The molecule has 0 radical (unpaired) electrons. The molecule has 1 N–H and O–H groups in total. The molecule has 6 nitrogen and oxygen atoms in total. The number of ether oxygens (including phenoxy) is 1. The highest BCUT2D eigenvalue weighted by molar-refractivity contribution is 6.34. The molecule has 2 aliphatic rings. The number of carbonyl (C=O) groups excluding carboxylic acids is 2. The van der Waals surface area contributed by atoms with Gasteiger partial charge >= 0.3 is 11.8 Å². The summed E-state index contributed by atoms with van der Waals surface area (Å²) in [5.74, 6) is -0.732. The van der Waals surface area contributed by atoms with E-state index in [0.29, 0.717) is 32.8 Å². The minimum Gasteiger partial charge on any atom is -0.377 e. The van der Waals surface area contributed by atoms with Gasteiger partial charge < -0.3 is 19.9 Å². The van der Waals surface area contributed by atoms with Crippen LogP contribution >= 0.6 is 0 Å². The number of amides is 2. The molecular weight excluding hydrogens is 246 g/mol. The van der Waals surface area contributed by atoms with Crippen molar-refractivity contribution in [2.75, 3.05) is 45.9 Å². The van der Waals surface area contributed by atoms with Crippen LogP contribution in [0, 0.1) is 0 Å². The number of rotatable bonds is 2. The molecule has 0 spiro atoms. The Bertz CT molecular complexity index is 327. The van der Waals surface area contributed by atoms with Crippen molar-refractivity contribution < 1.29 is 14.3 Å². The summed E-state index contributed by atoms with van der Waals surface area (Å²) in [5, 5.41) is 3.17. The van der Waals surface area contributed by atoms with E-state index in [1.54, 1.807) is 9.80 Å². The zero-order valence-corrected chi connectivity index (χ0v) is 11.6. The van der Waals surface area contributed by atoms with Crippen molar-refractivity contribution in [3.63, 3.8) is 0 Å². The van der Waals surface area contributed by atoms with Gasteiger partial charge in [0.05, 0.1) is 6.10 Å². The second-order valence-corrected chi connectivity index (χ2v) is 5.01. The molecule has 0 bridgehead atoms. The van der Waals surface area contributed by atoms with Crippen molar-refractivity contribution in [1.82, 2.24) is 15.1 Å². The summed E-state index contributed by atoms with van der Waals surface area (Å²) >= 11 is 0. The van der Waals surface area contributed by atoms with Crippen molar-refractivity contribution in [3.05, 3.63) is 0 Å². The summed E-state index contributed by atoms with van der Waals surface area (Å²) in [4.78, 5) is 27.6. The first-order chi connectivity index (χ1) is 9.22. The third-order valence-corrected chi connectivity index (χ3v) is 3.65. The predicted molar refractivity (Wildman–Crippen MR) is 70.7 cm³/mol. The van der Waals surface area contributed by atoms with Gasteiger partial charge in [-0.1, -0.05) is 0 Å². The maximum Gasteiger partial charge on any atom is 0.312 e. The van der Waals surface area contributed by atoms with E-state index in [1.165, 1.54) is 0 Å². The standard InChI is InChI=1S/C13H23N3O3/c1-2-19-11-4-3-7-16(10-11)13(18)12(17)15-8-5-14-6-9-15/h11,14H,2-10H2,1H3. The zero-order valence-electron chi connectivity index (χ0n) is 11.6. The number of piperazine rings is 1. The fourth-order valence-corrected chi connectivity index (χ4v) is 2.63. The Kier molecular flexibility index (Phi) is 5.15. The lowest BCUT2D eigenvalue weighted by Crippen LogP contribution is -2.54. The topological polar surface area (TPSA) is 61.9 Å². The molecule has 0 aliphatic carbocycles. The lowest BCUT2D eigenvalue weighted by atomic mass is 10.1. The number of nitrogens with zero attached hydrogens (tertiary/aromatic N) is 2. The third kappa shape index (κ3) is 3.67. The smallest absolute Gasteiger partial charge is 0.312 e. The number of hydrogen-bond acceptors (Lipinski definition) is 4. The molecule has 2 aliphatic heterocycles. The fraction of sp³-hybridized carbons (Fsp3) is 0.846. The molecule has 19 heavy (non-hydrogen) atoms. The number of nitrogens with one attached hydrogen (secondary N) is 1. The Morgan fingerprint density at radius 1 is 1.16 bits per heavy atom. The average molecular weight is 269 g/mol. The number of carbonyl (C=O) groups is 2.